The molecular weight excluding hydrogens is 232 g/mol. The summed E-state index contributed by atoms with van der Waals surface area (Å²) in [4.78, 5) is 2.51. The van der Waals surface area contributed by atoms with Crippen molar-refractivity contribution in [1.29, 1.82) is 0 Å². The molecule has 2 heteroatoms. The van der Waals surface area contributed by atoms with Gasteiger partial charge < -0.3 is 10.2 Å². The normalized spacial score (nSPS) is 19.9. The van der Waals surface area contributed by atoms with Gasteiger partial charge in [-0.3, -0.25) is 0 Å². The Bertz CT molecular complexity index is 421. The number of hydrogen-bond acceptors (Lipinski definition) is 2. The Hall–Kier alpha value is -0.860. The smallest absolute Gasteiger partial charge is 0.0230 e. The van der Waals surface area contributed by atoms with Gasteiger partial charge in [-0.15, -0.1) is 0 Å². The zero-order chi connectivity index (χ0) is 13.1. The summed E-state index contributed by atoms with van der Waals surface area (Å²) in [5.41, 5.74) is 4.53. The second-order valence-corrected chi connectivity index (χ2v) is 6.38. The molecule has 2 aliphatic rings. The Morgan fingerprint density at radius 2 is 2.05 bits per heavy atom. The van der Waals surface area contributed by atoms with Gasteiger partial charge >= 0.3 is 0 Å². The van der Waals surface area contributed by atoms with E-state index >= 15 is 0 Å². The van der Waals surface area contributed by atoms with Crippen LogP contribution in [0, 0.1) is 5.92 Å². The summed E-state index contributed by atoms with van der Waals surface area (Å²) in [7, 11) is 2.27. The molecule has 1 aliphatic carbocycles. The lowest BCUT2D eigenvalue weighted by atomic mass is 9.98. The van der Waals surface area contributed by atoms with E-state index in [4.69, 9.17) is 0 Å². The fraction of sp³-hybridized carbons (Fsp3) is 0.647. The van der Waals surface area contributed by atoms with Crippen LogP contribution in [-0.2, 0) is 19.5 Å². The van der Waals surface area contributed by atoms with Gasteiger partial charge in [-0.05, 0) is 55.5 Å². The van der Waals surface area contributed by atoms with Crippen LogP contribution in [0.25, 0.3) is 0 Å². The summed E-state index contributed by atoms with van der Waals surface area (Å²) in [6.45, 7) is 4.56. The predicted molar refractivity (Wildman–Crippen MR) is 80.1 cm³/mol. The molecule has 1 saturated carbocycles. The zero-order valence-electron chi connectivity index (χ0n) is 12.1. The molecule has 2 nitrogen and oxygen atoms in total. The van der Waals surface area contributed by atoms with Crippen molar-refractivity contribution < 1.29 is 0 Å². The average molecular weight is 258 g/mol. The summed E-state index contributed by atoms with van der Waals surface area (Å²) < 4.78 is 0. The lowest BCUT2D eigenvalue weighted by molar-refractivity contribution is 0.271. The van der Waals surface area contributed by atoms with Crippen molar-refractivity contribution >= 4 is 0 Å². The number of rotatable bonds is 4. The second-order valence-electron chi connectivity index (χ2n) is 6.38. The second kappa shape index (κ2) is 6.06. The molecule has 1 heterocycles. The highest BCUT2D eigenvalue weighted by Crippen LogP contribution is 2.25. The van der Waals surface area contributed by atoms with Crippen molar-refractivity contribution in [3.8, 4) is 0 Å². The largest absolute Gasteiger partial charge is 0.312 e. The SMILES string of the molecule is CN(Cc1ccc2c(c1)CNCC2)CC1CCCC1. The number of benzene rings is 1. The minimum atomic E-state index is 0.948. The molecule has 0 atom stereocenters. The Labute approximate surface area is 117 Å². The molecule has 0 aromatic heterocycles. The van der Waals surface area contributed by atoms with Crippen LogP contribution in [0.15, 0.2) is 18.2 Å². The fourth-order valence-electron chi connectivity index (χ4n) is 3.64. The molecule has 1 N–H and O–H groups in total. The number of nitrogens with one attached hydrogen (secondary N) is 1. The molecule has 104 valence electrons. The third kappa shape index (κ3) is 3.37. The summed E-state index contributed by atoms with van der Waals surface area (Å²) >= 11 is 0. The maximum Gasteiger partial charge on any atom is 0.0230 e. The van der Waals surface area contributed by atoms with Crippen molar-refractivity contribution in [3.63, 3.8) is 0 Å². The first-order valence-corrected chi connectivity index (χ1v) is 7.81. The quantitative estimate of drug-likeness (QED) is 0.893. The first kappa shape index (κ1) is 13.1. The molecule has 0 bridgehead atoms. The molecule has 0 spiro atoms. The molecule has 0 radical (unpaired) electrons. The first-order chi connectivity index (χ1) is 9.31. The molecule has 1 aliphatic heterocycles. The Balaban J connectivity index is 1.59. The molecule has 0 unspecified atom stereocenters. The van der Waals surface area contributed by atoms with Crippen molar-refractivity contribution in [2.24, 2.45) is 5.92 Å². The van der Waals surface area contributed by atoms with Gasteiger partial charge in [0.1, 0.15) is 0 Å². The minimum Gasteiger partial charge on any atom is -0.312 e. The summed E-state index contributed by atoms with van der Waals surface area (Å²) in [5, 5.41) is 3.47. The van der Waals surface area contributed by atoms with Gasteiger partial charge in [0, 0.05) is 19.6 Å². The van der Waals surface area contributed by atoms with Gasteiger partial charge in [-0.25, -0.2) is 0 Å². The van der Waals surface area contributed by atoms with Crippen molar-refractivity contribution in [2.45, 2.75) is 45.2 Å². The van der Waals surface area contributed by atoms with E-state index in [-0.39, 0.29) is 0 Å². The van der Waals surface area contributed by atoms with Crippen molar-refractivity contribution in [3.05, 3.63) is 34.9 Å². The van der Waals surface area contributed by atoms with Crippen LogP contribution in [0.4, 0.5) is 0 Å². The van der Waals surface area contributed by atoms with Gasteiger partial charge in [-0.2, -0.15) is 0 Å². The van der Waals surface area contributed by atoms with Gasteiger partial charge in [0.15, 0.2) is 0 Å². The van der Waals surface area contributed by atoms with Crippen LogP contribution < -0.4 is 5.32 Å². The molecule has 0 amide bonds. The lowest BCUT2D eigenvalue weighted by Crippen LogP contribution is -2.26. The monoisotopic (exact) mass is 258 g/mol. The Morgan fingerprint density at radius 1 is 1.21 bits per heavy atom. The Kier molecular flexibility index (Phi) is 4.19. The first-order valence-electron chi connectivity index (χ1n) is 7.81. The minimum absolute atomic E-state index is 0.948. The van der Waals surface area contributed by atoms with Crippen LogP contribution in [0.1, 0.15) is 42.4 Å². The number of hydrogen-bond donors (Lipinski definition) is 1. The molecule has 1 aromatic rings. The highest BCUT2D eigenvalue weighted by Gasteiger charge is 2.17. The van der Waals surface area contributed by atoms with E-state index in [0.717, 1.165) is 25.6 Å². The summed E-state index contributed by atoms with van der Waals surface area (Å²) in [6, 6.07) is 7.08. The van der Waals surface area contributed by atoms with E-state index < -0.39 is 0 Å². The van der Waals surface area contributed by atoms with Crippen LogP contribution >= 0.6 is 0 Å². The standard InChI is InChI=1S/C17H26N2/c1-19(12-14-4-2-3-5-14)13-15-6-7-16-8-9-18-11-17(16)10-15/h6-7,10,14,18H,2-5,8-9,11-13H2,1H3. The molecule has 19 heavy (non-hydrogen) atoms. The van der Waals surface area contributed by atoms with Gasteiger partial charge in [0.2, 0.25) is 0 Å². The number of fused-ring (bicyclic) bond motifs is 1. The van der Waals surface area contributed by atoms with E-state index in [2.05, 4.69) is 35.5 Å². The zero-order valence-corrected chi connectivity index (χ0v) is 12.1. The van der Waals surface area contributed by atoms with Crippen molar-refractivity contribution in [1.82, 2.24) is 10.2 Å². The fourth-order valence-corrected chi connectivity index (χ4v) is 3.64. The average Bonchev–Trinajstić information content (AvgIpc) is 2.91. The van der Waals surface area contributed by atoms with E-state index in [1.54, 1.807) is 5.56 Å². The highest BCUT2D eigenvalue weighted by molar-refractivity contribution is 5.33. The van der Waals surface area contributed by atoms with Crippen molar-refractivity contribution in [2.75, 3.05) is 20.1 Å². The maximum atomic E-state index is 3.47. The van der Waals surface area contributed by atoms with Crippen LogP contribution in [0.2, 0.25) is 0 Å². The maximum absolute atomic E-state index is 3.47. The molecule has 3 rings (SSSR count). The molecule has 1 fully saturated rings. The van der Waals surface area contributed by atoms with E-state index in [1.165, 1.54) is 49.8 Å². The van der Waals surface area contributed by atoms with Gasteiger partial charge in [-0.1, -0.05) is 31.0 Å². The lowest BCUT2D eigenvalue weighted by Gasteiger charge is -2.22. The van der Waals surface area contributed by atoms with Crippen LogP contribution in [0.3, 0.4) is 0 Å². The summed E-state index contributed by atoms with van der Waals surface area (Å²) in [6.07, 6.45) is 6.97. The van der Waals surface area contributed by atoms with Gasteiger partial charge in [0.05, 0.1) is 0 Å². The summed E-state index contributed by atoms with van der Waals surface area (Å²) in [5.74, 6) is 0.948. The Morgan fingerprint density at radius 3 is 2.89 bits per heavy atom. The predicted octanol–water partition coefficient (Wildman–Crippen LogP) is 2.95. The highest BCUT2D eigenvalue weighted by atomic mass is 15.1. The van der Waals surface area contributed by atoms with E-state index in [9.17, 15) is 0 Å². The molecule has 0 saturated heterocycles. The van der Waals surface area contributed by atoms with E-state index in [0.29, 0.717) is 0 Å². The topological polar surface area (TPSA) is 15.3 Å². The number of nitrogens with zero attached hydrogens (tertiary/aromatic N) is 1. The van der Waals surface area contributed by atoms with E-state index in [1.807, 2.05) is 0 Å². The molecule has 1 aromatic carbocycles. The third-order valence-corrected chi connectivity index (χ3v) is 4.65. The van der Waals surface area contributed by atoms with Gasteiger partial charge in [0.25, 0.3) is 0 Å². The third-order valence-electron chi connectivity index (χ3n) is 4.65. The van der Waals surface area contributed by atoms with Crippen LogP contribution in [-0.4, -0.2) is 25.0 Å². The molecular formula is C17H26N2. The van der Waals surface area contributed by atoms with Crippen LogP contribution in [0.5, 0.6) is 0 Å².